The second-order valence-corrected chi connectivity index (χ2v) is 2.85. The van der Waals surface area contributed by atoms with Gasteiger partial charge in [-0.1, -0.05) is 0 Å². The molecule has 0 unspecified atom stereocenters. The van der Waals surface area contributed by atoms with Crippen molar-refractivity contribution in [3.8, 4) is 0 Å². The van der Waals surface area contributed by atoms with Gasteiger partial charge in [-0.05, 0) is 11.6 Å². The molecule has 0 atom stereocenters. The number of aromatic nitrogens is 4. The first-order valence-corrected chi connectivity index (χ1v) is 3.91. The number of nitrogens with zero attached hydrogens (tertiary/aromatic N) is 2. The number of nitrogen functional groups attached to an aromatic ring is 1. The van der Waals surface area contributed by atoms with E-state index in [4.69, 9.17) is 17.3 Å². The topological polar surface area (TPSA) is 118 Å². The third-order valence-corrected chi connectivity index (χ3v) is 1.76. The van der Waals surface area contributed by atoms with Crippen LogP contribution in [0.1, 0.15) is 0 Å². The third-order valence-electron chi connectivity index (χ3n) is 1.59. The van der Waals surface area contributed by atoms with Crippen molar-refractivity contribution >= 4 is 28.6 Å². The Balaban J connectivity index is 3.03. The van der Waals surface area contributed by atoms with E-state index in [1.807, 2.05) is 0 Å². The fourth-order valence-corrected chi connectivity index (χ4v) is 1.17. The molecule has 0 fully saturated rings. The number of anilines is 1. The molecule has 4 N–H and O–H groups in total. The summed E-state index contributed by atoms with van der Waals surface area (Å²) in [5.74, 6) is 0.00773. The molecular formula is C6H4ClN5O2. The number of H-pyrrole nitrogens is 2. The molecule has 0 radical (unpaired) electrons. The zero-order valence-corrected chi connectivity index (χ0v) is 7.42. The van der Waals surface area contributed by atoms with Crippen LogP contribution in [0.15, 0.2) is 9.59 Å². The minimum absolute atomic E-state index is 0.00773. The Labute approximate surface area is 81.0 Å². The van der Waals surface area contributed by atoms with E-state index in [1.165, 1.54) is 0 Å². The van der Waals surface area contributed by atoms with Crippen molar-refractivity contribution in [2.75, 3.05) is 5.73 Å². The summed E-state index contributed by atoms with van der Waals surface area (Å²) in [4.78, 5) is 33.6. The average molecular weight is 214 g/mol. The zero-order chi connectivity index (χ0) is 10.3. The number of fused-ring (bicyclic) bond motifs is 1. The van der Waals surface area contributed by atoms with Gasteiger partial charge in [0.05, 0.1) is 0 Å². The van der Waals surface area contributed by atoms with Gasteiger partial charge in [-0.2, -0.15) is 9.97 Å². The van der Waals surface area contributed by atoms with E-state index in [0.717, 1.165) is 0 Å². The number of rotatable bonds is 0. The summed E-state index contributed by atoms with van der Waals surface area (Å²) in [7, 11) is 0. The molecule has 2 rings (SSSR count). The number of hydrogen-bond acceptors (Lipinski definition) is 5. The zero-order valence-electron chi connectivity index (χ0n) is 6.67. The molecule has 0 saturated heterocycles. The summed E-state index contributed by atoms with van der Waals surface area (Å²) < 4.78 is 0. The van der Waals surface area contributed by atoms with Gasteiger partial charge >= 0.3 is 11.1 Å². The van der Waals surface area contributed by atoms with Gasteiger partial charge in [-0.3, -0.25) is 9.59 Å². The van der Waals surface area contributed by atoms with E-state index in [-0.39, 0.29) is 22.3 Å². The second kappa shape index (κ2) is 2.81. The van der Waals surface area contributed by atoms with Gasteiger partial charge in [-0.15, -0.1) is 0 Å². The normalized spacial score (nSPS) is 10.6. The van der Waals surface area contributed by atoms with Crippen molar-refractivity contribution in [3.05, 3.63) is 26.0 Å². The fraction of sp³-hybridized carbons (Fsp3) is 0. The van der Waals surface area contributed by atoms with Crippen LogP contribution in [0.25, 0.3) is 11.2 Å². The molecule has 72 valence electrons. The molecule has 2 heterocycles. The fourth-order valence-electron chi connectivity index (χ4n) is 0.998. The van der Waals surface area contributed by atoms with Crippen LogP contribution >= 0.6 is 11.6 Å². The minimum atomic E-state index is -0.813. The van der Waals surface area contributed by atoms with Crippen molar-refractivity contribution in [2.45, 2.75) is 0 Å². The van der Waals surface area contributed by atoms with E-state index < -0.39 is 11.1 Å². The highest BCUT2D eigenvalue weighted by atomic mass is 35.5. The molecule has 0 aliphatic carbocycles. The first-order valence-electron chi connectivity index (χ1n) is 3.53. The molecule has 0 aliphatic heterocycles. The maximum absolute atomic E-state index is 10.9. The molecule has 7 nitrogen and oxygen atoms in total. The van der Waals surface area contributed by atoms with Gasteiger partial charge in [0.25, 0.3) is 0 Å². The van der Waals surface area contributed by atoms with Crippen LogP contribution < -0.4 is 16.9 Å². The van der Waals surface area contributed by atoms with Gasteiger partial charge in [0.15, 0.2) is 11.5 Å². The predicted molar refractivity (Wildman–Crippen MR) is 50.2 cm³/mol. The summed E-state index contributed by atoms with van der Waals surface area (Å²) in [6.45, 7) is 0. The first kappa shape index (κ1) is 8.70. The monoisotopic (exact) mass is 213 g/mol. The number of hydrogen-bond donors (Lipinski definition) is 3. The minimum Gasteiger partial charge on any atom is -0.382 e. The number of halogens is 1. The van der Waals surface area contributed by atoms with Crippen molar-refractivity contribution in [2.24, 2.45) is 0 Å². The predicted octanol–water partition coefficient (Wildman–Crippen LogP) is -0.758. The smallest absolute Gasteiger partial charge is 0.315 e. The molecule has 0 bridgehead atoms. The average Bonchev–Trinajstić information content (AvgIpc) is 2.08. The van der Waals surface area contributed by atoms with E-state index in [1.54, 1.807) is 0 Å². The number of aromatic amines is 2. The SMILES string of the molecule is Nc1nc(Cl)nc2[nH]c(=O)c(=O)[nH]c12. The number of nitrogens with one attached hydrogen (secondary N) is 2. The molecule has 0 saturated carbocycles. The molecule has 2 aromatic rings. The Morgan fingerprint density at radius 2 is 1.79 bits per heavy atom. The maximum atomic E-state index is 10.9. The molecule has 0 aromatic carbocycles. The summed E-state index contributed by atoms with van der Waals surface area (Å²) in [6.07, 6.45) is 0. The highest BCUT2D eigenvalue weighted by Crippen LogP contribution is 2.12. The Hall–Kier alpha value is -1.89. The van der Waals surface area contributed by atoms with Gasteiger partial charge < -0.3 is 15.7 Å². The van der Waals surface area contributed by atoms with Gasteiger partial charge in [0, 0.05) is 0 Å². The van der Waals surface area contributed by atoms with Gasteiger partial charge in [0.2, 0.25) is 5.28 Å². The quantitative estimate of drug-likeness (QED) is 0.393. The Bertz CT molecular complexity index is 616. The Morgan fingerprint density at radius 1 is 1.14 bits per heavy atom. The Morgan fingerprint density at radius 3 is 2.50 bits per heavy atom. The largest absolute Gasteiger partial charge is 0.382 e. The lowest BCUT2D eigenvalue weighted by Crippen LogP contribution is -2.29. The summed E-state index contributed by atoms with van der Waals surface area (Å²) >= 11 is 5.50. The summed E-state index contributed by atoms with van der Waals surface area (Å²) in [5, 5.41) is -0.0994. The van der Waals surface area contributed by atoms with Crippen molar-refractivity contribution in [1.29, 1.82) is 0 Å². The van der Waals surface area contributed by atoms with Crippen molar-refractivity contribution in [3.63, 3.8) is 0 Å². The lowest BCUT2D eigenvalue weighted by atomic mass is 10.5. The maximum Gasteiger partial charge on any atom is 0.315 e. The van der Waals surface area contributed by atoms with Crippen LogP contribution in [0.3, 0.4) is 0 Å². The molecule has 14 heavy (non-hydrogen) atoms. The van der Waals surface area contributed by atoms with E-state index in [2.05, 4.69) is 19.9 Å². The lowest BCUT2D eigenvalue weighted by Gasteiger charge is -1.99. The van der Waals surface area contributed by atoms with Crippen LogP contribution in [-0.4, -0.2) is 19.9 Å². The molecule has 0 aliphatic rings. The standard InChI is InChI=1S/C6H4ClN5O2/c7-6-10-2(8)1-3(12-6)11-5(14)4(13)9-1/h(H,9,13)(H3,8,10,11,12,14). The molecule has 8 heteroatoms. The highest BCUT2D eigenvalue weighted by Gasteiger charge is 2.06. The van der Waals surface area contributed by atoms with E-state index in [0.29, 0.717) is 0 Å². The molecule has 2 aromatic heterocycles. The van der Waals surface area contributed by atoms with Crippen LogP contribution in [0, 0.1) is 0 Å². The first-order chi connectivity index (χ1) is 6.58. The Kier molecular flexibility index (Phi) is 1.74. The van der Waals surface area contributed by atoms with Gasteiger partial charge in [0.1, 0.15) is 5.52 Å². The second-order valence-electron chi connectivity index (χ2n) is 2.51. The highest BCUT2D eigenvalue weighted by molar-refractivity contribution is 6.28. The van der Waals surface area contributed by atoms with Crippen LogP contribution in [-0.2, 0) is 0 Å². The number of nitrogens with two attached hydrogens (primary N) is 1. The third kappa shape index (κ3) is 1.23. The lowest BCUT2D eigenvalue weighted by molar-refractivity contribution is 1.09. The van der Waals surface area contributed by atoms with E-state index >= 15 is 0 Å². The van der Waals surface area contributed by atoms with Gasteiger partial charge in [-0.25, -0.2) is 0 Å². The summed E-state index contributed by atoms with van der Waals surface area (Å²) in [5.41, 5.74) is 4.09. The van der Waals surface area contributed by atoms with Crippen molar-refractivity contribution in [1.82, 2.24) is 19.9 Å². The van der Waals surface area contributed by atoms with Crippen LogP contribution in [0.2, 0.25) is 5.28 Å². The molecule has 0 amide bonds. The molecular weight excluding hydrogens is 210 g/mol. The van der Waals surface area contributed by atoms with Crippen LogP contribution in [0.4, 0.5) is 5.82 Å². The van der Waals surface area contributed by atoms with Crippen molar-refractivity contribution < 1.29 is 0 Å². The summed E-state index contributed by atoms with van der Waals surface area (Å²) in [6, 6.07) is 0. The van der Waals surface area contributed by atoms with Crippen LogP contribution in [0.5, 0.6) is 0 Å². The van der Waals surface area contributed by atoms with E-state index in [9.17, 15) is 9.59 Å². The molecule has 0 spiro atoms.